The number of hydrogen-bond donors (Lipinski definition) is 1. The highest BCUT2D eigenvalue weighted by Gasteiger charge is 1.97. The lowest BCUT2D eigenvalue weighted by Gasteiger charge is -2.04. The standard InChI is InChI=1S/C14H20O/c15-14-12-10-8-6-4-2-1-3-5-7-9-11-13-14/h1-4,6,8,10,12,14-15H,5,7,9,11,13H2. The molecule has 0 aromatic rings. The third kappa shape index (κ3) is 6.92. The van der Waals surface area contributed by atoms with Crippen LogP contribution in [0.3, 0.4) is 0 Å². The van der Waals surface area contributed by atoms with E-state index in [1.54, 1.807) is 0 Å². The van der Waals surface area contributed by atoms with Crippen molar-refractivity contribution < 1.29 is 5.11 Å². The SMILES string of the molecule is OC1C=CC=CC=CC=CCCCCC1. The van der Waals surface area contributed by atoms with Crippen LogP contribution in [0.15, 0.2) is 48.6 Å². The fraction of sp³-hybridized carbons (Fsp3) is 0.429. The molecule has 1 N–H and O–H groups in total. The van der Waals surface area contributed by atoms with Crippen LogP contribution in [-0.4, -0.2) is 11.2 Å². The predicted molar refractivity (Wildman–Crippen MR) is 65.7 cm³/mol. The Hall–Kier alpha value is -1.08. The summed E-state index contributed by atoms with van der Waals surface area (Å²) in [5.74, 6) is 0. The maximum Gasteiger partial charge on any atom is 0.0723 e. The number of rotatable bonds is 0. The molecule has 0 bridgehead atoms. The molecule has 1 nitrogen and oxygen atoms in total. The van der Waals surface area contributed by atoms with Gasteiger partial charge in [-0.3, -0.25) is 0 Å². The van der Waals surface area contributed by atoms with Crippen molar-refractivity contribution in [2.75, 3.05) is 0 Å². The van der Waals surface area contributed by atoms with Crippen LogP contribution in [0.2, 0.25) is 0 Å². The summed E-state index contributed by atoms with van der Waals surface area (Å²) in [5, 5.41) is 9.57. The zero-order valence-corrected chi connectivity index (χ0v) is 9.18. The monoisotopic (exact) mass is 204 g/mol. The molecule has 0 fully saturated rings. The van der Waals surface area contributed by atoms with E-state index in [0.29, 0.717) is 0 Å². The molecule has 1 aliphatic rings. The highest BCUT2D eigenvalue weighted by molar-refractivity contribution is 5.15. The topological polar surface area (TPSA) is 20.2 Å². The van der Waals surface area contributed by atoms with Crippen molar-refractivity contribution in [3.8, 4) is 0 Å². The first-order chi connectivity index (χ1) is 7.39. The molecule has 0 amide bonds. The molecule has 0 aromatic carbocycles. The Bertz CT molecular complexity index is 259. The van der Waals surface area contributed by atoms with Crippen LogP contribution in [0.5, 0.6) is 0 Å². The Morgan fingerprint density at radius 2 is 1.53 bits per heavy atom. The third-order valence-electron chi connectivity index (χ3n) is 2.40. The van der Waals surface area contributed by atoms with Crippen LogP contribution in [0.1, 0.15) is 32.1 Å². The Morgan fingerprint density at radius 1 is 0.800 bits per heavy atom. The molecule has 1 unspecified atom stereocenters. The molecule has 0 saturated carbocycles. The van der Waals surface area contributed by atoms with Gasteiger partial charge in [0.05, 0.1) is 6.10 Å². The molecular weight excluding hydrogens is 184 g/mol. The Kier molecular flexibility index (Phi) is 6.59. The zero-order chi connectivity index (χ0) is 10.8. The van der Waals surface area contributed by atoms with Gasteiger partial charge in [-0.2, -0.15) is 0 Å². The maximum absolute atomic E-state index is 9.57. The second-order valence-corrected chi connectivity index (χ2v) is 3.79. The lowest BCUT2D eigenvalue weighted by atomic mass is 10.1. The molecule has 0 radical (unpaired) electrons. The molecule has 0 aliphatic heterocycles. The lowest BCUT2D eigenvalue weighted by molar-refractivity contribution is 0.208. The van der Waals surface area contributed by atoms with Gasteiger partial charge in [0.25, 0.3) is 0 Å². The van der Waals surface area contributed by atoms with Crippen molar-refractivity contribution in [2.45, 2.75) is 38.2 Å². The molecule has 0 spiro atoms. The Labute approximate surface area is 92.5 Å². The Morgan fingerprint density at radius 3 is 2.40 bits per heavy atom. The highest BCUT2D eigenvalue weighted by atomic mass is 16.3. The van der Waals surface area contributed by atoms with Gasteiger partial charge < -0.3 is 5.11 Å². The molecular formula is C14H20O. The number of hydrogen-bond acceptors (Lipinski definition) is 1. The number of allylic oxidation sites excluding steroid dienone is 7. The van der Waals surface area contributed by atoms with E-state index < -0.39 is 0 Å². The fourth-order valence-electron chi connectivity index (χ4n) is 1.51. The summed E-state index contributed by atoms with van der Waals surface area (Å²) in [6, 6.07) is 0. The molecule has 1 atom stereocenters. The van der Waals surface area contributed by atoms with Crippen molar-refractivity contribution in [3.63, 3.8) is 0 Å². The number of aliphatic hydroxyl groups excluding tert-OH is 1. The van der Waals surface area contributed by atoms with E-state index >= 15 is 0 Å². The quantitative estimate of drug-likeness (QED) is 0.640. The first-order valence-electron chi connectivity index (χ1n) is 5.74. The van der Waals surface area contributed by atoms with Crippen LogP contribution in [0.25, 0.3) is 0 Å². The first-order valence-corrected chi connectivity index (χ1v) is 5.74. The van der Waals surface area contributed by atoms with Crippen LogP contribution in [0.4, 0.5) is 0 Å². The van der Waals surface area contributed by atoms with Crippen molar-refractivity contribution in [1.29, 1.82) is 0 Å². The summed E-state index contributed by atoms with van der Waals surface area (Å²) in [5.41, 5.74) is 0. The molecule has 1 aliphatic carbocycles. The van der Waals surface area contributed by atoms with E-state index in [9.17, 15) is 5.11 Å². The van der Waals surface area contributed by atoms with Crippen molar-refractivity contribution in [2.24, 2.45) is 0 Å². The minimum atomic E-state index is -0.280. The number of aliphatic hydroxyl groups is 1. The van der Waals surface area contributed by atoms with Gasteiger partial charge in [-0.1, -0.05) is 61.4 Å². The van der Waals surface area contributed by atoms with Crippen LogP contribution >= 0.6 is 0 Å². The Balaban J connectivity index is 2.46. The van der Waals surface area contributed by atoms with Gasteiger partial charge in [-0.05, 0) is 19.3 Å². The summed E-state index contributed by atoms with van der Waals surface area (Å²) in [7, 11) is 0. The normalized spacial score (nSPS) is 23.9. The van der Waals surface area contributed by atoms with Gasteiger partial charge in [-0.15, -0.1) is 0 Å². The van der Waals surface area contributed by atoms with Crippen molar-refractivity contribution >= 4 is 0 Å². The minimum absolute atomic E-state index is 0.280. The van der Waals surface area contributed by atoms with E-state index in [1.165, 1.54) is 12.8 Å². The molecule has 15 heavy (non-hydrogen) atoms. The minimum Gasteiger partial charge on any atom is -0.389 e. The smallest absolute Gasteiger partial charge is 0.0723 e. The van der Waals surface area contributed by atoms with Gasteiger partial charge in [0, 0.05) is 0 Å². The van der Waals surface area contributed by atoms with Gasteiger partial charge in [-0.25, -0.2) is 0 Å². The van der Waals surface area contributed by atoms with Crippen LogP contribution < -0.4 is 0 Å². The van der Waals surface area contributed by atoms with Crippen molar-refractivity contribution in [1.82, 2.24) is 0 Å². The average Bonchev–Trinajstić information content (AvgIpc) is 2.24. The zero-order valence-electron chi connectivity index (χ0n) is 9.18. The fourth-order valence-corrected chi connectivity index (χ4v) is 1.51. The second-order valence-electron chi connectivity index (χ2n) is 3.79. The first kappa shape index (κ1) is 12.0. The van der Waals surface area contributed by atoms with Gasteiger partial charge in [0.1, 0.15) is 0 Å². The molecule has 0 heterocycles. The second kappa shape index (κ2) is 8.25. The third-order valence-corrected chi connectivity index (χ3v) is 2.40. The average molecular weight is 204 g/mol. The maximum atomic E-state index is 9.57. The lowest BCUT2D eigenvalue weighted by Crippen LogP contribution is -2.00. The summed E-state index contributed by atoms with van der Waals surface area (Å²) in [4.78, 5) is 0. The molecule has 1 heteroatoms. The van der Waals surface area contributed by atoms with Crippen LogP contribution in [-0.2, 0) is 0 Å². The predicted octanol–water partition coefficient (Wildman–Crippen LogP) is 3.54. The molecule has 1 rings (SSSR count). The molecule has 0 saturated heterocycles. The van der Waals surface area contributed by atoms with Crippen LogP contribution in [0, 0.1) is 0 Å². The summed E-state index contributed by atoms with van der Waals surface area (Å²) < 4.78 is 0. The van der Waals surface area contributed by atoms with Gasteiger partial charge in [0.2, 0.25) is 0 Å². The summed E-state index contributed by atoms with van der Waals surface area (Å²) in [6.45, 7) is 0. The van der Waals surface area contributed by atoms with E-state index in [2.05, 4.69) is 12.2 Å². The van der Waals surface area contributed by atoms with Gasteiger partial charge in [0.15, 0.2) is 0 Å². The van der Waals surface area contributed by atoms with E-state index in [4.69, 9.17) is 0 Å². The summed E-state index contributed by atoms with van der Waals surface area (Å²) >= 11 is 0. The van der Waals surface area contributed by atoms with E-state index in [-0.39, 0.29) is 6.10 Å². The van der Waals surface area contributed by atoms with E-state index in [1.807, 2.05) is 36.5 Å². The highest BCUT2D eigenvalue weighted by Crippen LogP contribution is 2.07. The van der Waals surface area contributed by atoms with Crippen molar-refractivity contribution in [3.05, 3.63) is 48.6 Å². The van der Waals surface area contributed by atoms with Gasteiger partial charge >= 0.3 is 0 Å². The molecule has 82 valence electrons. The largest absolute Gasteiger partial charge is 0.389 e. The summed E-state index contributed by atoms with van der Waals surface area (Å²) in [6.07, 6.45) is 21.3. The molecule has 0 aromatic heterocycles. The van der Waals surface area contributed by atoms with E-state index in [0.717, 1.165) is 19.3 Å².